The summed E-state index contributed by atoms with van der Waals surface area (Å²) < 4.78 is 5.18. The van der Waals surface area contributed by atoms with Crippen molar-refractivity contribution in [2.75, 3.05) is 19.6 Å². The number of carbonyl (C=O) groups excluding carboxylic acids is 1. The number of aromatic nitrogens is 1. The molecule has 1 aliphatic heterocycles. The Bertz CT molecular complexity index is 602. The summed E-state index contributed by atoms with van der Waals surface area (Å²) in [5, 5.41) is 6.03. The van der Waals surface area contributed by atoms with E-state index in [0.29, 0.717) is 12.5 Å². The van der Waals surface area contributed by atoms with E-state index in [4.69, 9.17) is 4.42 Å². The van der Waals surface area contributed by atoms with Crippen molar-refractivity contribution in [1.82, 2.24) is 26.5 Å². The summed E-state index contributed by atoms with van der Waals surface area (Å²) in [5.41, 5.74) is 7.58. The summed E-state index contributed by atoms with van der Waals surface area (Å²) in [4.78, 5) is 16.0. The largest absolute Gasteiger partial charge is 0.467 e. The molecule has 1 saturated heterocycles. The predicted octanol–water partition coefficient (Wildman–Crippen LogP) is 0.346. The fraction of sp³-hybridized carbons (Fsp3) is 0.375. The molecular formula is C16H21N5O2. The van der Waals surface area contributed by atoms with Crippen LogP contribution in [0.15, 0.2) is 47.3 Å². The summed E-state index contributed by atoms with van der Waals surface area (Å²) in [6, 6.07) is 7.82. The maximum atomic E-state index is 11.8. The van der Waals surface area contributed by atoms with Crippen molar-refractivity contribution in [3.63, 3.8) is 0 Å². The number of hydrogen-bond donors (Lipinski definition) is 4. The molecule has 3 rings (SSSR count). The Hall–Kier alpha value is -2.22. The van der Waals surface area contributed by atoms with Crippen LogP contribution in [0.3, 0.4) is 0 Å². The molecule has 23 heavy (non-hydrogen) atoms. The normalized spacial score (nSPS) is 20.5. The van der Waals surface area contributed by atoms with Crippen molar-refractivity contribution in [2.45, 2.75) is 12.6 Å². The SMILES string of the molecule is O=C(CNCC1CNNC1c1cccnc1)NCc1ccco1. The van der Waals surface area contributed by atoms with Crippen molar-refractivity contribution in [3.05, 3.63) is 54.2 Å². The van der Waals surface area contributed by atoms with Gasteiger partial charge in [0, 0.05) is 31.4 Å². The Kier molecular flexibility index (Phi) is 5.36. The molecule has 7 heteroatoms. The van der Waals surface area contributed by atoms with E-state index in [1.165, 1.54) is 0 Å². The molecule has 2 unspecified atom stereocenters. The minimum absolute atomic E-state index is 0.0433. The fourth-order valence-electron chi connectivity index (χ4n) is 2.67. The van der Waals surface area contributed by atoms with Crippen LogP contribution in [-0.4, -0.2) is 30.5 Å². The lowest BCUT2D eigenvalue weighted by molar-refractivity contribution is -0.120. The number of amides is 1. The Morgan fingerprint density at radius 2 is 2.35 bits per heavy atom. The second kappa shape index (κ2) is 7.87. The first kappa shape index (κ1) is 15.7. The molecule has 0 bridgehead atoms. The van der Waals surface area contributed by atoms with Gasteiger partial charge in [-0.15, -0.1) is 0 Å². The van der Waals surface area contributed by atoms with Gasteiger partial charge in [0.2, 0.25) is 5.91 Å². The van der Waals surface area contributed by atoms with Gasteiger partial charge in [-0.2, -0.15) is 0 Å². The topological polar surface area (TPSA) is 91.2 Å². The van der Waals surface area contributed by atoms with Crippen molar-refractivity contribution in [1.29, 1.82) is 0 Å². The Morgan fingerprint density at radius 1 is 1.39 bits per heavy atom. The Morgan fingerprint density at radius 3 is 3.13 bits per heavy atom. The molecule has 2 atom stereocenters. The molecule has 7 nitrogen and oxygen atoms in total. The summed E-state index contributed by atoms with van der Waals surface area (Å²) in [5.74, 6) is 1.06. The number of hydrazine groups is 1. The predicted molar refractivity (Wildman–Crippen MR) is 85.0 cm³/mol. The average molecular weight is 315 g/mol. The summed E-state index contributed by atoms with van der Waals surface area (Å²) in [6.07, 6.45) is 5.23. The first-order valence-corrected chi connectivity index (χ1v) is 7.71. The lowest BCUT2D eigenvalue weighted by Crippen LogP contribution is -2.37. The van der Waals surface area contributed by atoms with E-state index in [-0.39, 0.29) is 18.5 Å². The summed E-state index contributed by atoms with van der Waals surface area (Å²) in [7, 11) is 0. The number of nitrogens with one attached hydrogen (secondary N) is 4. The van der Waals surface area contributed by atoms with Gasteiger partial charge >= 0.3 is 0 Å². The first-order chi connectivity index (χ1) is 11.3. The standard InChI is InChI=1S/C16H21N5O2/c22-15(19-10-14-4-2-6-23-14)11-18-8-13-9-20-21-16(13)12-3-1-5-17-7-12/h1-7,13,16,18,20-21H,8-11H2,(H,19,22). The molecule has 3 heterocycles. The van der Waals surface area contributed by atoms with E-state index in [9.17, 15) is 4.79 Å². The number of hydrogen-bond acceptors (Lipinski definition) is 6. The molecule has 2 aromatic heterocycles. The summed E-state index contributed by atoms with van der Waals surface area (Å²) >= 11 is 0. The molecule has 1 aliphatic rings. The highest BCUT2D eigenvalue weighted by Crippen LogP contribution is 2.23. The minimum atomic E-state index is -0.0433. The van der Waals surface area contributed by atoms with Gasteiger partial charge in [0.1, 0.15) is 5.76 Å². The van der Waals surface area contributed by atoms with E-state index in [1.54, 1.807) is 18.5 Å². The average Bonchev–Trinajstić information content (AvgIpc) is 3.25. The molecule has 4 N–H and O–H groups in total. The third kappa shape index (κ3) is 4.38. The van der Waals surface area contributed by atoms with Crippen LogP contribution in [0, 0.1) is 5.92 Å². The van der Waals surface area contributed by atoms with Gasteiger partial charge in [-0.25, -0.2) is 5.43 Å². The molecule has 0 aliphatic carbocycles. The van der Waals surface area contributed by atoms with Crippen LogP contribution in [0.1, 0.15) is 17.4 Å². The number of furan rings is 1. The van der Waals surface area contributed by atoms with Gasteiger partial charge in [0.25, 0.3) is 0 Å². The monoisotopic (exact) mass is 315 g/mol. The first-order valence-electron chi connectivity index (χ1n) is 7.71. The van der Waals surface area contributed by atoms with E-state index in [1.807, 2.05) is 18.3 Å². The van der Waals surface area contributed by atoms with E-state index < -0.39 is 0 Å². The van der Waals surface area contributed by atoms with E-state index >= 15 is 0 Å². The minimum Gasteiger partial charge on any atom is -0.467 e. The van der Waals surface area contributed by atoms with Crippen LogP contribution in [0.5, 0.6) is 0 Å². The van der Waals surface area contributed by atoms with E-state index in [2.05, 4.69) is 32.5 Å². The number of rotatable bonds is 7. The lowest BCUT2D eigenvalue weighted by Gasteiger charge is -2.18. The highest BCUT2D eigenvalue weighted by atomic mass is 16.3. The number of nitrogens with zero attached hydrogens (tertiary/aromatic N) is 1. The number of carbonyl (C=O) groups is 1. The molecule has 0 aromatic carbocycles. The fourth-order valence-corrected chi connectivity index (χ4v) is 2.67. The van der Waals surface area contributed by atoms with Crippen LogP contribution in [0.25, 0.3) is 0 Å². The molecule has 0 spiro atoms. The van der Waals surface area contributed by atoms with Gasteiger partial charge in [-0.1, -0.05) is 6.07 Å². The second-order valence-electron chi connectivity index (χ2n) is 5.54. The maximum Gasteiger partial charge on any atom is 0.234 e. The zero-order valence-corrected chi connectivity index (χ0v) is 12.8. The van der Waals surface area contributed by atoms with Crippen LogP contribution in [-0.2, 0) is 11.3 Å². The number of pyridine rings is 1. The van der Waals surface area contributed by atoms with Crippen molar-refractivity contribution in [3.8, 4) is 0 Å². The summed E-state index contributed by atoms with van der Waals surface area (Å²) in [6.45, 7) is 2.30. The second-order valence-corrected chi connectivity index (χ2v) is 5.54. The van der Waals surface area contributed by atoms with Crippen LogP contribution in [0.2, 0.25) is 0 Å². The molecular weight excluding hydrogens is 294 g/mol. The zero-order valence-electron chi connectivity index (χ0n) is 12.8. The molecule has 0 saturated carbocycles. The van der Waals surface area contributed by atoms with Gasteiger partial charge in [0.15, 0.2) is 0 Å². The molecule has 122 valence electrons. The van der Waals surface area contributed by atoms with E-state index in [0.717, 1.165) is 24.4 Å². The van der Waals surface area contributed by atoms with Crippen LogP contribution < -0.4 is 21.5 Å². The molecule has 2 aromatic rings. The van der Waals surface area contributed by atoms with Crippen molar-refractivity contribution < 1.29 is 9.21 Å². The van der Waals surface area contributed by atoms with Crippen molar-refractivity contribution in [2.24, 2.45) is 5.92 Å². The Balaban J connectivity index is 1.40. The third-order valence-electron chi connectivity index (χ3n) is 3.87. The van der Waals surface area contributed by atoms with Crippen molar-refractivity contribution >= 4 is 5.91 Å². The lowest BCUT2D eigenvalue weighted by atomic mass is 9.96. The Labute approximate surface area is 134 Å². The van der Waals surface area contributed by atoms with Gasteiger partial charge in [0.05, 0.1) is 25.4 Å². The quantitative estimate of drug-likeness (QED) is 0.589. The van der Waals surface area contributed by atoms with Crippen LogP contribution in [0.4, 0.5) is 0 Å². The van der Waals surface area contributed by atoms with Gasteiger partial charge < -0.3 is 15.1 Å². The third-order valence-corrected chi connectivity index (χ3v) is 3.87. The highest BCUT2D eigenvalue weighted by Gasteiger charge is 2.27. The van der Waals surface area contributed by atoms with Crippen LogP contribution >= 0.6 is 0 Å². The zero-order chi connectivity index (χ0) is 15.9. The smallest absolute Gasteiger partial charge is 0.234 e. The molecule has 1 fully saturated rings. The molecule has 0 radical (unpaired) electrons. The van der Waals surface area contributed by atoms with Gasteiger partial charge in [-0.3, -0.25) is 15.2 Å². The molecule has 1 amide bonds. The van der Waals surface area contributed by atoms with Gasteiger partial charge in [-0.05, 0) is 23.8 Å². The highest BCUT2D eigenvalue weighted by molar-refractivity contribution is 5.77. The maximum absolute atomic E-state index is 11.8.